The summed E-state index contributed by atoms with van der Waals surface area (Å²) in [6, 6.07) is 7.17. The molecule has 0 radical (unpaired) electrons. The molecular weight excluding hydrogens is 288 g/mol. The van der Waals surface area contributed by atoms with Gasteiger partial charge >= 0.3 is 0 Å². The summed E-state index contributed by atoms with van der Waals surface area (Å²) in [5.41, 5.74) is 0.772. The molecule has 1 N–H and O–H groups in total. The Hall–Kier alpha value is -1.11. The summed E-state index contributed by atoms with van der Waals surface area (Å²) in [6.07, 6.45) is 2.90. The number of hydrogen-bond donors (Lipinski definition) is 1. The van der Waals surface area contributed by atoms with Gasteiger partial charge in [0.05, 0.1) is 5.69 Å². The molecule has 6 heteroatoms. The van der Waals surface area contributed by atoms with Crippen LogP contribution >= 0.6 is 0 Å². The average Bonchev–Trinajstić information content (AvgIpc) is 2.48. The van der Waals surface area contributed by atoms with Crippen molar-refractivity contribution in [1.29, 1.82) is 0 Å². The lowest BCUT2D eigenvalue weighted by Gasteiger charge is -2.35. The maximum atomic E-state index is 12.5. The van der Waals surface area contributed by atoms with Gasteiger partial charge in [-0.15, -0.1) is 0 Å². The number of nitrogens with zero attached hydrogens (tertiary/aromatic N) is 2. The van der Waals surface area contributed by atoms with Crippen LogP contribution in [0, 0.1) is 5.92 Å². The molecule has 118 valence electrons. The first kappa shape index (κ1) is 16.3. The Morgan fingerprint density at radius 3 is 2.71 bits per heavy atom. The molecule has 0 amide bonds. The van der Waals surface area contributed by atoms with Gasteiger partial charge in [0.1, 0.15) is 4.90 Å². The van der Waals surface area contributed by atoms with Crippen LogP contribution in [0.25, 0.3) is 0 Å². The van der Waals surface area contributed by atoms with Gasteiger partial charge in [0.25, 0.3) is 0 Å². The highest BCUT2D eigenvalue weighted by atomic mass is 32.2. The number of anilines is 1. The lowest BCUT2D eigenvalue weighted by atomic mass is 9.95. The van der Waals surface area contributed by atoms with Crippen molar-refractivity contribution in [2.45, 2.75) is 24.2 Å². The van der Waals surface area contributed by atoms with Crippen LogP contribution in [0.4, 0.5) is 5.69 Å². The summed E-state index contributed by atoms with van der Waals surface area (Å²) in [7, 11) is -0.339. The highest BCUT2D eigenvalue weighted by Gasteiger charge is 2.26. The fourth-order valence-corrected chi connectivity index (χ4v) is 3.94. The van der Waals surface area contributed by atoms with Crippen LogP contribution in [0.2, 0.25) is 0 Å². The molecule has 0 aliphatic carbocycles. The van der Waals surface area contributed by atoms with Gasteiger partial charge < -0.3 is 10.0 Å². The van der Waals surface area contributed by atoms with Crippen molar-refractivity contribution < 1.29 is 13.5 Å². The van der Waals surface area contributed by atoms with E-state index in [-0.39, 0.29) is 6.61 Å². The fourth-order valence-electron chi connectivity index (χ4n) is 2.84. The largest absolute Gasteiger partial charge is 0.396 e. The Balaban J connectivity index is 2.32. The van der Waals surface area contributed by atoms with Gasteiger partial charge in [-0.2, -0.15) is 0 Å². The van der Waals surface area contributed by atoms with E-state index in [1.807, 2.05) is 12.1 Å². The van der Waals surface area contributed by atoms with Crippen molar-refractivity contribution in [2.75, 3.05) is 38.7 Å². The number of para-hydroxylation sites is 1. The highest BCUT2D eigenvalue weighted by molar-refractivity contribution is 7.89. The minimum absolute atomic E-state index is 0.191. The van der Waals surface area contributed by atoms with Gasteiger partial charge in [-0.3, -0.25) is 0 Å². The first-order valence-electron chi connectivity index (χ1n) is 7.34. The van der Waals surface area contributed by atoms with Gasteiger partial charge in [0.2, 0.25) is 10.0 Å². The zero-order valence-corrected chi connectivity index (χ0v) is 13.5. The van der Waals surface area contributed by atoms with Crippen molar-refractivity contribution in [1.82, 2.24) is 4.31 Å². The summed E-state index contributed by atoms with van der Waals surface area (Å²) in [6.45, 7) is 1.86. The zero-order valence-electron chi connectivity index (χ0n) is 12.7. The Labute approximate surface area is 127 Å². The van der Waals surface area contributed by atoms with Crippen molar-refractivity contribution in [3.63, 3.8) is 0 Å². The zero-order chi connectivity index (χ0) is 15.5. The lowest BCUT2D eigenvalue weighted by molar-refractivity contribution is 0.244. The molecular formula is C15H24N2O3S. The molecule has 1 fully saturated rings. The van der Waals surface area contributed by atoms with E-state index in [4.69, 9.17) is 5.11 Å². The van der Waals surface area contributed by atoms with Gasteiger partial charge in [-0.05, 0) is 37.3 Å². The number of hydrogen-bond acceptors (Lipinski definition) is 4. The number of benzene rings is 1. The van der Waals surface area contributed by atoms with Gasteiger partial charge in [0.15, 0.2) is 0 Å². The molecule has 0 aromatic heterocycles. The van der Waals surface area contributed by atoms with E-state index in [1.54, 1.807) is 26.2 Å². The maximum absolute atomic E-state index is 12.5. The first-order chi connectivity index (χ1) is 9.96. The van der Waals surface area contributed by atoms with Crippen molar-refractivity contribution in [3.05, 3.63) is 24.3 Å². The molecule has 1 saturated heterocycles. The monoisotopic (exact) mass is 312 g/mol. The Morgan fingerprint density at radius 2 is 2.05 bits per heavy atom. The summed E-state index contributed by atoms with van der Waals surface area (Å²) in [5.74, 6) is 0.430. The second kappa shape index (κ2) is 6.77. The molecule has 0 spiro atoms. The van der Waals surface area contributed by atoms with Gasteiger partial charge in [-0.25, -0.2) is 12.7 Å². The molecule has 1 aromatic rings. The summed E-state index contributed by atoms with van der Waals surface area (Å²) in [4.78, 5) is 2.50. The quantitative estimate of drug-likeness (QED) is 0.896. The number of rotatable bonds is 5. The minimum atomic E-state index is -3.44. The van der Waals surface area contributed by atoms with Crippen LogP contribution in [0.5, 0.6) is 0 Å². The molecule has 5 nitrogen and oxygen atoms in total. The number of aliphatic hydroxyl groups is 1. The lowest BCUT2D eigenvalue weighted by Crippen LogP contribution is -2.37. The van der Waals surface area contributed by atoms with Gasteiger partial charge in [-0.1, -0.05) is 12.1 Å². The van der Waals surface area contributed by atoms with E-state index < -0.39 is 10.0 Å². The molecule has 1 atom stereocenters. The smallest absolute Gasteiger partial charge is 0.244 e. The SMILES string of the molecule is CN(C)S(=O)(=O)c1ccccc1N1CCCC(CCO)C1. The second-order valence-corrected chi connectivity index (χ2v) is 7.84. The summed E-state index contributed by atoms with van der Waals surface area (Å²) < 4.78 is 26.2. The van der Waals surface area contributed by atoms with Crippen LogP contribution < -0.4 is 4.90 Å². The molecule has 1 aromatic carbocycles. The standard InChI is InChI=1S/C15H24N2O3S/c1-16(2)21(19,20)15-8-4-3-7-14(15)17-10-5-6-13(12-17)9-11-18/h3-4,7-8,13,18H,5-6,9-12H2,1-2H3. The summed E-state index contributed by atoms with van der Waals surface area (Å²) in [5, 5.41) is 9.11. The molecule has 1 heterocycles. The van der Waals surface area contributed by atoms with Gasteiger partial charge in [0, 0.05) is 33.8 Å². The number of piperidine rings is 1. The average molecular weight is 312 g/mol. The first-order valence-corrected chi connectivity index (χ1v) is 8.78. The third-order valence-corrected chi connectivity index (χ3v) is 5.88. The van der Waals surface area contributed by atoms with E-state index in [1.165, 1.54) is 4.31 Å². The Bertz CT molecular complexity index is 570. The number of aliphatic hydroxyl groups excluding tert-OH is 1. The van der Waals surface area contributed by atoms with E-state index in [0.29, 0.717) is 10.8 Å². The normalized spacial score (nSPS) is 20.0. The number of sulfonamides is 1. The van der Waals surface area contributed by atoms with E-state index in [0.717, 1.165) is 38.0 Å². The summed E-state index contributed by atoms with van der Waals surface area (Å²) >= 11 is 0. The molecule has 0 bridgehead atoms. The third-order valence-electron chi connectivity index (χ3n) is 4.02. The Morgan fingerprint density at radius 1 is 1.33 bits per heavy atom. The molecule has 0 saturated carbocycles. The van der Waals surface area contributed by atoms with Crippen molar-refractivity contribution in [3.8, 4) is 0 Å². The van der Waals surface area contributed by atoms with Crippen molar-refractivity contribution >= 4 is 15.7 Å². The predicted octanol–water partition coefficient (Wildman–Crippen LogP) is 1.54. The predicted molar refractivity (Wildman–Crippen MR) is 84.0 cm³/mol. The minimum Gasteiger partial charge on any atom is -0.396 e. The van der Waals surface area contributed by atoms with Crippen LogP contribution in [-0.2, 0) is 10.0 Å². The topological polar surface area (TPSA) is 60.9 Å². The van der Waals surface area contributed by atoms with Crippen LogP contribution in [-0.4, -0.2) is 51.6 Å². The van der Waals surface area contributed by atoms with Crippen molar-refractivity contribution in [2.24, 2.45) is 5.92 Å². The molecule has 1 unspecified atom stereocenters. The second-order valence-electron chi connectivity index (χ2n) is 5.72. The third kappa shape index (κ3) is 3.56. The van der Waals surface area contributed by atoms with E-state index in [9.17, 15) is 8.42 Å². The van der Waals surface area contributed by atoms with Crippen LogP contribution in [0.3, 0.4) is 0 Å². The highest BCUT2D eigenvalue weighted by Crippen LogP contribution is 2.31. The molecule has 21 heavy (non-hydrogen) atoms. The Kier molecular flexibility index (Phi) is 5.24. The molecule has 1 aliphatic heterocycles. The molecule has 1 aliphatic rings. The van der Waals surface area contributed by atoms with E-state index >= 15 is 0 Å². The van der Waals surface area contributed by atoms with E-state index in [2.05, 4.69) is 4.90 Å². The molecule has 2 rings (SSSR count). The maximum Gasteiger partial charge on any atom is 0.244 e. The fraction of sp³-hybridized carbons (Fsp3) is 0.600. The van der Waals surface area contributed by atoms with Crippen LogP contribution in [0.15, 0.2) is 29.2 Å². The van der Waals surface area contributed by atoms with Crippen LogP contribution in [0.1, 0.15) is 19.3 Å².